The highest BCUT2D eigenvalue weighted by Crippen LogP contribution is 2.33. The number of halogens is 1. The highest BCUT2D eigenvalue weighted by molar-refractivity contribution is 7.13. The summed E-state index contributed by atoms with van der Waals surface area (Å²) in [7, 11) is 0. The number of thiazole rings is 1. The van der Waals surface area contributed by atoms with Crippen LogP contribution in [0.4, 0.5) is 5.13 Å². The van der Waals surface area contributed by atoms with Crippen LogP contribution in [0.15, 0.2) is 72.1 Å². The van der Waals surface area contributed by atoms with Gasteiger partial charge in [0.15, 0.2) is 5.13 Å². The summed E-state index contributed by atoms with van der Waals surface area (Å²) in [6.45, 7) is 3.82. The fourth-order valence-electron chi connectivity index (χ4n) is 4.55. The van der Waals surface area contributed by atoms with Crippen LogP contribution in [0.2, 0.25) is 5.02 Å². The van der Waals surface area contributed by atoms with Gasteiger partial charge in [-0.15, -0.1) is 11.3 Å². The standard InChI is InChI=1S/C25H25ClN4S/c26-19-9-10-20-18(13-19)7-4-8-21(20)22(17-5-2-1-3-6-17)14-30-12-11-28-23(15-30)24-16-31-25(27)29-24/h1-10,13,16,22-23,28H,11-12,14-15H2,(H2,27,29). The lowest BCUT2D eigenvalue weighted by Crippen LogP contribution is -2.47. The Balaban J connectivity index is 1.48. The molecule has 3 N–H and O–H groups in total. The van der Waals surface area contributed by atoms with Crippen molar-refractivity contribution in [3.8, 4) is 0 Å². The SMILES string of the molecule is Nc1nc(C2CN(CC(c3ccccc3)c3cccc4cc(Cl)ccc34)CCN2)cs1. The third-order valence-corrected chi connectivity index (χ3v) is 6.98. The molecule has 0 radical (unpaired) electrons. The largest absolute Gasteiger partial charge is 0.375 e. The number of benzene rings is 3. The predicted octanol–water partition coefficient (Wildman–Crippen LogP) is 5.31. The Labute approximate surface area is 191 Å². The lowest BCUT2D eigenvalue weighted by atomic mass is 9.87. The van der Waals surface area contributed by atoms with E-state index < -0.39 is 0 Å². The maximum atomic E-state index is 6.27. The molecule has 0 bridgehead atoms. The molecule has 0 amide bonds. The highest BCUT2D eigenvalue weighted by Gasteiger charge is 2.26. The predicted molar refractivity (Wildman–Crippen MR) is 131 cm³/mol. The molecule has 3 aromatic carbocycles. The zero-order valence-electron chi connectivity index (χ0n) is 17.2. The molecular formula is C25H25ClN4S. The van der Waals surface area contributed by atoms with Crippen LogP contribution in [0.3, 0.4) is 0 Å². The molecule has 1 aliphatic rings. The Morgan fingerprint density at radius 2 is 2.00 bits per heavy atom. The van der Waals surface area contributed by atoms with Crippen LogP contribution < -0.4 is 11.1 Å². The van der Waals surface area contributed by atoms with Crippen molar-refractivity contribution >= 4 is 38.8 Å². The van der Waals surface area contributed by atoms with Crippen LogP contribution in [0.1, 0.15) is 28.8 Å². The number of nitrogen functional groups attached to an aromatic ring is 1. The summed E-state index contributed by atoms with van der Waals surface area (Å²) in [6, 6.07) is 23.8. The number of fused-ring (bicyclic) bond motifs is 1. The Hall–Kier alpha value is -2.44. The van der Waals surface area contributed by atoms with Crippen LogP contribution in [-0.2, 0) is 0 Å². The molecule has 5 rings (SSSR count). The number of hydrogen-bond donors (Lipinski definition) is 2. The van der Waals surface area contributed by atoms with Crippen LogP contribution in [0, 0.1) is 0 Å². The van der Waals surface area contributed by atoms with Gasteiger partial charge in [-0.1, -0.05) is 66.2 Å². The molecule has 0 aliphatic carbocycles. The Morgan fingerprint density at radius 1 is 1.13 bits per heavy atom. The van der Waals surface area contributed by atoms with E-state index in [1.807, 2.05) is 6.07 Å². The van der Waals surface area contributed by atoms with Gasteiger partial charge in [-0.05, 0) is 34.0 Å². The smallest absolute Gasteiger partial charge is 0.180 e. The molecule has 0 saturated carbocycles. The number of nitrogens with zero attached hydrogens (tertiary/aromatic N) is 2. The Kier molecular flexibility index (Phi) is 5.92. The van der Waals surface area contributed by atoms with E-state index in [1.54, 1.807) is 0 Å². The molecule has 6 heteroatoms. The first-order valence-electron chi connectivity index (χ1n) is 10.6. The van der Waals surface area contributed by atoms with Gasteiger partial charge in [0.25, 0.3) is 0 Å². The van der Waals surface area contributed by atoms with Crippen molar-refractivity contribution in [2.24, 2.45) is 0 Å². The van der Waals surface area contributed by atoms with E-state index in [0.717, 1.165) is 36.9 Å². The summed E-state index contributed by atoms with van der Waals surface area (Å²) in [4.78, 5) is 7.05. The maximum Gasteiger partial charge on any atom is 0.180 e. The van der Waals surface area contributed by atoms with E-state index >= 15 is 0 Å². The topological polar surface area (TPSA) is 54.2 Å². The second-order valence-electron chi connectivity index (χ2n) is 8.05. The number of nitrogens with two attached hydrogens (primary N) is 1. The van der Waals surface area contributed by atoms with Crippen molar-refractivity contribution in [3.05, 3.63) is 94.0 Å². The minimum atomic E-state index is 0.213. The fraction of sp³-hybridized carbons (Fsp3) is 0.240. The second kappa shape index (κ2) is 8.97. The van der Waals surface area contributed by atoms with Gasteiger partial charge in [0, 0.05) is 42.5 Å². The molecule has 2 unspecified atom stereocenters. The molecule has 158 valence electrons. The first-order valence-corrected chi connectivity index (χ1v) is 11.8. The number of hydrogen-bond acceptors (Lipinski definition) is 5. The first-order chi connectivity index (χ1) is 15.2. The third-order valence-electron chi connectivity index (χ3n) is 6.05. The fourth-order valence-corrected chi connectivity index (χ4v) is 5.34. The molecule has 2 atom stereocenters. The number of nitrogens with one attached hydrogen (secondary N) is 1. The summed E-state index contributed by atoms with van der Waals surface area (Å²) in [5, 5.41) is 9.52. The third kappa shape index (κ3) is 4.46. The van der Waals surface area contributed by atoms with E-state index in [9.17, 15) is 0 Å². The molecule has 1 aliphatic heterocycles. The number of piperazine rings is 1. The van der Waals surface area contributed by atoms with E-state index in [0.29, 0.717) is 5.13 Å². The van der Waals surface area contributed by atoms with E-state index in [-0.39, 0.29) is 12.0 Å². The van der Waals surface area contributed by atoms with Crippen LogP contribution in [0.5, 0.6) is 0 Å². The molecule has 1 fully saturated rings. The summed E-state index contributed by atoms with van der Waals surface area (Å²) in [6.07, 6.45) is 0. The first kappa shape index (κ1) is 20.5. The molecule has 1 aromatic heterocycles. The van der Waals surface area contributed by atoms with Gasteiger partial charge in [-0.25, -0.2) is 4.98 Å². The molecule has 2 heterocycles. The molecule has 4 aromatic rings. The molecule has 0 spiro atoms. The van der Waals surface area contributed by atoms with Gasteiger partial charge >= 0.3 is 0 Å². The van der Waals surface area contributed by atoms with Gasteiger partial charge < -0.3 is 11.1 Å². The average Bonchev–Trinajstić information content (AvgIpc) is 3.24. The van der Waals surface area contributed by atoms with E-state index in [2.05, 4.69) is 81.2 Å². The number of aromatic nitrogens is 1. The Morgan fingerprint density at radius 3 is 2.81 bits per heavy atom. The lowest BCUT2D eigenvalue weighted by Gasteiger charge is -2.35. The monoisotopic (exact) mass is 448 g/mol. The van der Waals surface area contributed by atoms with E-state index in [4.69, 9.17) is 17.3 Å². The summed E-state index contributed by atoms with van der Waals surface area (Å²) in [5.74, 6) is 0.269. The van der Waals surface area contributed by atoms with Gasteiger partial charge in [-0.2, -0.15) is 0 Å². The lowest BCUT2D eigenvalue weighted by molar-refractivity contribution is 0.194. The van der Waals surface area contributed by atoms with Crippen molar-refractivity contribution in [2.75, 3.05) is 31.9 Å². The van der Waals surface area contributed by atoms with Crippen molar-refractivity contribution in [2.45, 2.75) is 12.0 Å². The molecule has 1 saturated heterocycles. The van der Waals surface area contributed by atoms with Crippen molar-refractivity contribution in [1.82, 2.24) is 15.2 Å². The van der Waals surface area contributed by atoms with Crippen LogP contribution in [0.25, 0.3) is 10.8 Å². The minimum Gasteiger partial charge on any atom is -0.375 e. The van der Waals surface area contributed by atoms with Crippen LogP contribution >= 0.6 is 22.9 Å². The maximum absolute atomic E-state index is 6.27. The minimum absolute atomic E-state index is 0.213. The summed E-state index contributed by atoms with van der Waals surface area (Å²) < 4.78 is 0. The number of rotatable bonds is 5. The zero-order chi connectivity index (χ0) is 21.2. The van der Waals surface area contributed by atoms with Gasteiger partial charge in [0.2, 0.25) is 0 Å². The van der Waals surface area contributed by atoms with Gasteiger partial charge in [0.1, 0.15) is 0 Å². The highest BCUT2D eigenvalue weighted by atomic mass is 35.5. The van der Waals surface area contributed by atoms with Gasteiger partial charge in [-0.3, -0.25) is 4.90 Å². The molecule has 31 heavy (non-hydrogen) atoms. The summed E-state index contributed by atoms with van der Waals surface area (Å²) in [5.41, 5.74) is 9.59. The van der Waals surface area contributed by atoms with Crippen molar-refractivity contribution < 1.29 is 0 Å². The van der Waals surface area contributed by atoms with Crippen molar-refractivity contribution in [3.63, 3.8) is 0 Å². The average molecular weight is 449 g/mol. The quantitative estimate of drug-likeness (QED) is 0.434. The normalized spacial score (nSPS) is 18.3. The zero-order valence-corrected chi connectivity index (χ0v) is 18.7. The summed E-state index contributed by atoms with van der Waals surface area (Å²) >= 11 is 7.78. The van der Waals surface area contributed by atoms with E-state index in [1.165, 1.54) is 33.2 Å². The van der Waals surface area contributed by atoms with Crippen molar-refractivity contribution in [1.29, 1.82) is 0 Å². The Bertz CT molecular complexity index is 1180. The number of anilines is 1. The molecular weight excluding hydrogens is 424 g/mol. The second-order valence-corrected chi connectivity index (χ2v) is 9.38. The van der Waals surface area contributed by atoms with Crippen LogP contribution in [-0.4, -0.2) is 36.1 Å². The molecule has 4 nitrogen and oxygen atoms in total. The van der Waals surface area contributed by atoms with Gasteiger partial charge in [0.05, 0.1) is 11.7 Å².